The lowest BCUT2D eigenvalue weighted by Crippen LogP contribution is -2.43. The number of nitrogens with two attached hydrogens (primary N) is 1. The zero-order valence-electron chi connectivity index (χ0n) is 16.4. The summed E-state index contributed by atoms with van der Waals surface area (Å²) < 4.78 is 0. The maximum Gasteiger partial charge on any atom is 0.317 e. The molecule has 1 aliphatic carbocycles. The Morgan fingerprint density at radius 3 is 2.72 bits per heavy atom. The number of fused-ring (bicyclic) bond motifs is 3. The van der Waals surface area contributed by atoms with Crippen molar-refractivity contribution in [2.24, 2.45) is 0 Å². The van der Waals surface area contributed by atoms with E-state index in [4.69, 9.17) is 10.8 Å². The number of hydrogen-bond donors (Lipinski definition) is 2. The monoisotopic (exact) mass is 387 g/mol. The number of anilines is 1. The number of pyridine rings is 1. The zero-order chi connectivity index (χ0) is 20.0. The first kappa shape index (κ1) is 18.1. The van der Waals surface area contributed by atoms with Gasteiger partial charge in [0.2, 0.25) is 0 Å². The van der Waals surface area contributed by atoms with Crippen LogP contribution in [0.25, 0.3) is 21.9 Å². The number of aryl methyl sites for hydroxylation is 1. The number of carbonyl (C=O) groups is 1. The van der Waals surface area contributed by atoms with E-state index in [0.717, 1.165) is 43.1 Å². The molecule has 0 amide bonds. The van der Waals surface area contributed by atoms with E-state index < -0.39 is 5.97 Å². The van der Waals surface area contributed by atoms with Crippen LogP contribution in [0, 0.1) is 0 Å². The van der Waals surface area contributed by atoms with Crippen molar-refractivity contribution in [2.75, 3.05) is 25.4 Å². The number of aromatic nitrogens is 1. The van der Waals surface area contributed by atoms with Gasteiger partial charge in [-0.15, -0.1) is 0 Å². The molecule has 3 aromatic rings. The highest BCUT2D eigenvalue weighted by molar-refractivity contribution is 6.01. The second-order valence-electron chi connectivity index (χ2n) is 8.42. The third-order valence-electron chi connectivity index (χ3n) is 6.87. The van der Waals surface area contributed by atoms with Gasteiger partial charge in [0.25, 0.3) is 0 Å². The first-order valence-corrected chi connectivity index (χ1v) is 10.3. The number of nitrogens with zero attached hydrogens (tertiary/aromatic N) is 2. The fraction of sp³-hybridized carbons (Fsp3) is 0.333. The van der Waals surface area contributed by atoms with E-state index >= 15 is 0 Å². The smallest absolute Gasteiger partial charge is 0.317 e. The highest BCUT2D eigenvalue weighted by Gasteiger charge is 2.41. The molecule has 1 aromatic heterocycles. The van der Waals surface area contributed by atoms with Crippen molar-refractivity contribution in [3.8, 4) is 11.1 Å². The fourth-order valence-electron chi connectivity index (χ4n) is 5.33. The average Bonchev–Trinajstić information content (AvgIpc) is 3.07. The third kappa shape index (κ3) is 3.06. The van der Waals surface area contributed by atoms with Crippen molar-refractivity contribution in [3.05, 3.63) is 59.8 Å². The molecule has 148 valence electrons. The summed E-state index contributed by atoms with van der Waals surface area (Å²) >= 11 is 0. The van der Waals surface area contributed by atoms with Crippen LogP contribution < -0.4 is 5.73 Å². The van der Waals surface area contributed by atoms with Gasteiger partial charge < -0.3 is 10.8 Å². The van der Waals surface area contributed by atoms with E-state index in [2.05, 4.69) is 34.1 Å². The number of piperidine rings is 1. The Balaban J connectivity index is 1.47. The van der Waals surface area contributed by atoms with Gasteiger partial charge in [-0.2, -0.15) is 0 Å². The summed E-state index contributed by atoms with van der Waals surface area (Å²) in [5.74, 6) is -0.166. The predicted molar refractivity (Wildman–Crippen MR) is 115 cm³/mol. The molecule has 5 nitrogen and oxygen atoms in total. The number of hydrogen-bond acceptors (Lipinski definition) is 4. The summed E-state index contributed by atoms with van der Waals surface area (Å²) in [6, 6.07) is 15.2. The van der Waals surface area contributed by atoms with Crippen LogP contribution in [0.4, 0.5) is 5.82 Å². The molecule has 3 N–H and O–H groups in total. The molecule has 5 heteroatoms. The second kappa shape index (κ2) is 6.85. The highest BCUT2D eigenvalue weighted by Crippen LogP contribution is 2.47. The number of benzene rings is 2. The molecule has 29 heavy (non-hydrogen) atoms. The Labute approximate surface area is 170 Å². The Hall–Kier alpha value is -2.92. The van der Waals surface area contributed by atoms with Gasteiger partial charge >= 0.3 is 5.97 Å². The van der Waals surface area contributed by atoms with E-state index in [-0.39, 0.29) is 12.0 Å². The van der Waals surface area contributed by atoms with Crippen molar-refractivity contribution < 1.29 is 9.90 Å². The SMILES string of the molecule is Nc1nccc2c(-c3ccc4c(c3)CCC43CCN(CC(=O)O)CC3)cccc12. The van der Waals surface area contributed by atoms with E-state index in [9.17, 15) is 4.79 Å². The summed E-state index contributed by atoms with van der Waals surface area (Å²) in [7, 11) is 0. The van der Waals surface area contributed by atoms with Crippen LogP contribution in [0.1, 0.15) is 30.4 Å². The average molecular weight is 387 g/mol. The maximum atomic E-state index is 11.0. The number of nitrogen functional groups attached to an aromatic ring is 1. The molecule has 0 radical (unpaired) electrons. The molecule has 1 aliphatic heterocycles. The van der Waals surface area contributed by atoms with Crippen LogP contribution in [-0.4, -0.2) is 40.6 Å². The molecule has 1 fully saturated rings. The van der Waals surface area contributed by atoms with Gasteiger partial charge in [-0.1, -0.05) is 36.4 Å². The molecule has 0 bridgehead atoms. The van der Waals surface area contributed by atoms with Crippen LogP contribution in [0.5, 0.6) is 0 Å². The summed E-state index contributed by atoms with van der Waals surface area (Å²) in [6.45, 7) is 1.88. The van der Waals surface area contributed by atoms with Crippen LogP contribution in [-0.2, 0) is 16.6 Å². The first-order chi connectivity index (χ1) is 14.1. The van der Waals surface area contributed by atoms with Crippen molar-refractivity contribution in [1.29, 1.82) is 0 Å². The summed E-state index contributed by atoms with van der Waals surface area (Å²) in [5, 5.41) is 11.2. The molecular weight excluding hydrogens is 362 g/mol. The Morgan fingerprint density at radius 1 is 1.10 bits per heavy atom. The van der Waals surface area contributed by atoms with Crippen molar-refractivity contribution in [2.45, 2.75) is 31.1 Å². The lowest BCUT2D eigenvalue weighted by atomic mass is 9.73. The quantitative estimate of drug-likeness (QED) is 0.714. The van der Waals surface area contributed by atoms with Crippen LogP contribution in [0.15, 0.2) is 48.7 Å². The normalized spacial score (nSPS) is 18.2. The predicted octanol–water partition coefficient (Wildman–Crippen LogP) is 3.85. The van der Waals surface area contributed by atoms with Gasteiger partial charge in [0.15, 0.2) is 0 Å². The molecule has 1 saturated heterocycles. The van der Waals surface area contributed by atoms with E-state index in [1.165, 1.54) is 28.7 Å². The number of carboxylic acids is 1. The summed E-state index contributed by atoms with van der Waals surface area (Å²) in [6.07, 6.45) is 6.12. The molecule has 0 atom stereocenters. The van der Waals surface area contributed by atoms with Gasteiger partial charge in [0.05, 0.1) is 6.54 Å². The molecule has 2 aliphatic rings. The molecule has 1 spiro atoms. The van der Waals surface area contributed by atoms with Crippen molar-refractivity contribution in [1.82, 2.24) is 9.88 Å². The Kier molecular flexibility index (Phi) is 4.28. The lowest BCUT2D eigenvalue weighted by molar-refractivity contribution is -0.138. The van der Waals surface area contributed by atoms with Gasteiger partial charge in [-0.25, -0.2) is 4.98 Å². The maximum absolute atomic E-state index is 11.0. The van der Waals surface area contributed by atoms with Crippen LogP contribution in [0.3, 0.4) is 0 Å². The Bertz CT molecular complexity index is 1100. The number of aliphatic carboxylic acids is 1. The molecule has 2 heterocycles. The lowest BCUT2D eigenvalue weighted by Gasteiger charge is -2.39. The minimum absolute atomic E-state index is 0.154. The van der Waals surface area contributed by atoms with Gasteiger partial charge in [-0.05, 0) is 77.9 Å². The van der Waals surface area contributed by atoms with Crippen LogP contribution in [0.2, 0.25) is 0 Å². The number of rotatable bonds is 3. The number of carboxylic acid groups (broad SMARTS) is 1. The molecule has 0 saturated carbocycles. The van der Waals surface area contributed by atoms with Crippen molar-refractivity contribution in [3.63, 3.8) is 0 Å². The molecule has 0 unspecified atom stereocenters. The highest BCUT2D eigenvalue weighted by atomic mass is 16.4. The third-order valence-corrected chi connectivity index (χ3v) is 6.87. The molecular formula is C24H25N3O2. The number of likely N-dealkylation sites (tertiary alicyclic amines) is 1. The molecule has 5 rings (SSSR count). The fourth-order valence-corrected chi connectivity index (χ4v) is 5.33. The Morgan fingerprint density at radius 2 is 1.93 bits per heavy atom. The minimum Gasteiger partial charge on any atom is -0.480 e. The standard InChI is InChI=1S/C24H25N3O2/c25-23-20-3-1-2-18(19(20)7-11-26-23)16-4-5-21-17(14-16)6-8-24(21)9-12-27(13-10-24)15-22(28)29/h1-5,7,11,14H,6,8-10,12-13,15H2,(H2,25,26)(H,28,29). The van der Waals surface area contributed by atoms with Gasteiger partial charge in [0, 0.05) is 11.6 Å². The zero-order valence-corrected chi connectivity index (χ0v) is 16.4. The van der Waals surface area contributed by atoms with Gasteiger partial charge in [-0.3, -0.25) is 9.69 Å². The summed E-state index contributed by atoms with van der Waals surface area (Å²) in [5.41, 5.74) is 11.6. The van der Waals surface area contributed by atoms with E-state index in [1.54, 1.807) is 6.20 Å². The van der Waals surface area contributed by atoms with Crippen LogP contribution >= 0.6 is 0 Å². The second-order valence-corrected chi connectivity index (χ2v) is 8.42. The molecule has 2 aromatic carbocycles. The van der Waals surface area contributed by atoms with Gasteiger partial charge in [0.1, 0.15) is 5.82 Å². The van der Waals surface area contributed by atoms with E-state index in [1.807, 2.05) is 18.2 Å². The minimum atomic E-state index is -0.733. The largest absolute Gasteiger partial charge is 0.480 e. The van der Waals surface area contributed by atoms with Crippen molar-refractivity contribution >= 4 is 22.6 Å². The topological polar surface area (TPSA) is 79.5 Å². The first-order valence-electron chi connectivity index (χ1n) is 10.3. The summed E-state index contributed by atoms with van der Waals surface area (Å²) in [4.78, 5) is 17.3. The van der Waals surface area contributed by atoms with E-state index in [0.29, 0.717) is 5.82 Å².